The van der Waals surface area contributed by atoms with Crippen LogP contribution in [0.3, 0.4) is 0 Å². The number of amides is 1. The molecule has 0 unspecified atom stereocenters. The maximum absolute atomic E-state index is 13.5. The largest absolute Gasteiger partial charge is 0.368 e. The van der Waals surface area contributed by atoms with E-state index in [9.17, 15) is 4.79 Å². The summed E-state index contributed by atoms with van der Waals surface area (Å²) in [6.07, 6.45) is 3.38. The van der Waals surface area contributed by atoms with E-state index in [4.69, 9.17) is 23.2 Å². The van der Waals surface area contributed by atoms with Crippen LogP contribution >= 0.6 is 35.0 Å². The molecule has 178 valence electrons. The normalized spacial score (nSPS) is 13.8. The molecule has 0 atom stereocenters. The third kappa shape index (κ3) is 5.42. The van der Waals surface area contributed by atoms with Gasteiger partial charge in [0.05, 0.1) is 11.4 Å². The summed E-state index contributed by atoms with van der Waals surface area (Å²) in [5, 5.41) is 10.5. The van der Waals surface area contributed by atoms with Crippen LogP contribution in [0.25, 0.3) is 5.69 Å². The lowest BCUT2D eigenvalue weighted by Crippen LogP contribution is -2.49. The number of thioether (sulfide) groups is 1. The van der Waals surface area contributed by atoms with Gasteiger partial charge in [-0.15, -0.1) is 5.10 Å². The van der Waals surface area contributed by atoms with Gasteiger partial charge in [-0.25, -0.2) is 14.6 Å². The fourth-order valence-corrected chi connectivity index (χ4v) is 4.98. The average Bonchev–Trinajstić information content (AvgIpc) is 3.32. The summed E-state index contributed by atoms with van der Waals surface area (Å²) < 4.78 is 1.68. The Hall–Kier alpha value is -3.14. The smallest absolute Gasteiger partial charge is 0.276 e. The van der Waals surface area contributed by atoms with E-state index in [0.29, 0.717) is 58.5 Å². The number of nitrogens with zero attached hydrogens (tertiary/aromatic N) is 7. The van der Waals surface area contributed by atoms with E-state index in [1.165, 1.54) is 11.8 Å². The topological polar surface area (TPSA) is 80.0 Å². The number of hydrogen-bond donors (Lipinski definition) is 0. The van der Waals surface area contributed by atoms with Gasteiger partial charge in [0.1, 0.15) is 0 Å². The molecule has 0 saturated carbocycles. The highest BCUT2D eigenvalue weighted by Gasteiger charge is 2.28. The highest BCUT2D eigenvalue weighted by molar-refractivity contribution is 7.98. The van der Waals surface area contributed by atoms with Crippen LogP contribution in [0.2, 0.25) is 10.0 Å². The van der Waals surface area contributed by atoms with E-state index >= 15 is 0 Å². The van der Waals surface area contributed by atoms with Crippen molar-refractivity contribution in [2.75, 3.05) is 31.1 Å². The van der Waals surface area contributed by atoms with Gasteiger partial charge in [0.2, 0.25) is 0 Å². The zero-order valence-electron chi connectivity index (χ0n) is 18.6. The molecule has 5 rings (SSSR count). The first kappa shape index (κ1) is 23.6. The third-order valence-electron chi connectivity index (χ3n) is 5.66. The van der Waals surface area contributed by atoms with Crippen LogP contribution in [0.1, 0.15) is 16.2 Å². The maximum Gasteiger partial charge on any atom is 0.276 e. The number of hydrogen-bond acceptors (Lipinski definition) is 7. The second kappa shape index (κ2) is 10.6. The molecule has 35 heavy (non-hydrogen) atoms. The van der Waals surface area contributed by atoms with Crippen molar-refractivity contribution in [2.45, 2.75) is 10.9 Å². The van der Waals surface area contributed by atoms with Gasteiger partial charge < -0.3 is 9.80 Å². The van der Waals surface area contributed by atoms with E-state index < -0.39 is 0 Å². The number of piperazine rings is 1. The monoisotopic (exact) mass is 525 g/mol. The molecule has 1 saturated heterocycles. The Balaban J connectivity index is 1.37. The summed E-state index contributed by atoms with van der Waals surface area (Å²) in [4.78, 5) is 26.1. The summed E-state index contributed by atoms with van der Waals surface area (Å²) in [7, 11) is 0. The van der Waals surface area contributed by atoms with Crippen LogP contribution in [0, 0.1) is 0 Å². The molecule has 1 amide bonds. The first-order valence-corrected chi connectivity index (χ1v) is 12.7. The van der Waals surface area contributed by atoms with Gasteiger partial charge in [-0.2, -0.15) is 0 Å². The first-order valence-electron chi connectivity index (χ1n) is 11.0. The van der Waals surface area contributed by atoms with Crippen LogP contribution in [0.5, 0.6) is 0 Å². The highest BCUT2D eigenvalue weighted by Crippen LogP contribution is 2.25. The van der Waals surface area contributed by atoms with Gasteiger partial charge in [-0.1, -0.05) is 46.2 Å². The average molecular weight is 526 g/mol. The number of carbonyl (C=O) groups excluding carboxylic acids is 1. The highest BCUT2D eigenvalue weighted by atomic mass is 35.5. The number of rotatable bonds is 6. The summed E-state index contributed by atoms with van der Waals surface area (Å²) in [5.41, 5.74) is 2.85. The molecule has 0 aliphatic carbocycles. The van der Waals surface area contributed by atoms with Crippen molar-refractivity contribution >= 4 is 46.6 Å². The Morgan fingerprint density at radius 1 is 0.886 bits per heavy atom. The molecule has 3 heterocycles. The SMILES string of the molecule is O=C(c1nnn(-c2ccc(Cl)cc2)c1CSc1ncccn1)N1CCN(c2cccc(Cl)c2)CC1. The molecule has 8 nitrogen and oxygen atoms in total. The number of anilines is 1. The molecular weight excluding hydrogens is 505 g/mol. The molecule has 11 heteroatoms. The lowest BCUT2D eigenvalue weighted by atomic mass is 10.2. The van der Waals surface area contributed by atoms with Crippen LogP contribution in [-0.2, 0) is 5.75 Å². The van der Waals surface area contributed by atoms with Crippen LogP contribution in [0.15, 0.2) is 72.1 Å². The van der Waals surface area contributed by atoms with Crippen molar-refractivity contribution in [2.24, 2.45) is 0 Å². The van der Waals surface area contributed by atoms with Crippen molar-refractivity contribution in [3.05, 3.63) is 88.4 Å². The molecule has 0 bridgehead atoms. The molecule has 4 aromatic rings. The van der Waals surface area contributed by atoms with E-state index in [2.05, 4.69) is 25.2 Å². The van der Waals surface area contributed by atoms with Crippen molar-refractivity contribution in [1.82, 2.24) is 29.9 Å². The van der Waals surface area contributed by atoms with E-state index in [0.717, 1.165) is 11.4 Å². The van der Waals surface area contributed by atoms with Crippen molar-refractivity contribution in [3.63, 3.8) is 0 Å². The summed E-state index contributed by atoms with van der Waals surface area (Å²) in [6.45, 7) is 2.57. The molecule has 1 aliphatic rings. The second-order valence-electron chi connectivity index (χ2n) is 7.85. The van der Waals surface area contributed by atoms with E-state index in [1.807, 2.05) is 41.3 Å². The van der Waals surface area contributed by atoms with Gasteiger partial charge in [-0.05, 0) is 48.5 Å². The predicted molar refractivity (Wildman–Crippen MR) is 138 cm³/mol. The lowest BCUT2D eigenvalue weighted by Gasteiger charge is -2.36. The van der Waals surface area contributed by atoms with Crippen molar-refractivity contribution in [1.29, 1.82) is 0 Å². The molecule has 1 fully saturated rings. The van der Waals surface area contributed by atoms with Gasteiger partial charge in [0, 0.05) is 60.1 Å². The maximum atomic E-state index is 13.5. The number of carbonyl (C=O) groups is 1. The number of aromatic nitrogens is 5. The molecule has 1 aliphatic heterocycles. The van der Waals surface area contributed by atoms with Crippen molar-refractivity contribution < 1.29 is 4.79 Å². The van der Waals surface area contributed by atoms with Crippen molar-refractivity contribution in [3.8, 4) is 5.69 Å². The van der Waals surface area contributed by atoms with Gasteiger partial charge in [-0.3, -0.25) is 4.79 Å². The lowest BCUT2D eigenvalue weighted by molar-refractivity contribution is 0.0740. The zero-order valence-corrected chi connectivity index (χ0v) is 20.9. The minimum absolute atomic E-state index is 0.138. The van der Waals surface area contributed by atoms with Crippen LogP contribution in [0.4, 0.5) is 5.69 Å². The summed E-state index contributed by atoms with van der Waals surface area (Å²) in [5.74, 6) is 0.295. The van der Waals surface area contributed by atoms with Crippen LogP contribution < -0.4 is 4.90 Å². The Morgan fingerprint density at radius 2 is 1.63 bits per heavy atom. The first-order chi connectivity index (χ1) is 17.1. The fraction of sp³-hybridized carbons (Fsp3) is 0.208. The third-order valence-corrected chi connectivity index (χ3v) is 7.03. The number of benzene rings is 2. The molecule has 2 aromatic heterocycles. The predicted octanol–water partition coefficient (Wildman–Crippen LogP) is 4.62. The fourth-order valence-electron chi connectivity index (χ4n) is 3.87. The number of halogens is 2. The van der Waals surface area contributed by atoms with Crippen LogP contribution in [-0.4, -0.2) is 61.9 Å². The summed E-state index contributed by atoms with van der Waals surface area (Å²) >= 11 is 13.6. The van der Waals surface area contributed by atoms with Gasteiger partial charge in [0.15, 0.2) is 10.9 Å². The molecule has 0 radical (unpaired) electrons. The minimum atomic E-state index is -0.138. The molecular formula is C24H21Cl2N7OS. The Kier molecular flexibility index (Phi) is 7.17. The second-order valence-corrected chi connectivity index (χ2v) is 9.67. The van der Waals surface area contributed by atoms with Gasteiger partial charge in [0.25, 0.3) is 5.91 Å². The quantitative estimate of drug-likeness (QED) is 0.268. The zero-order chi connectivity index (χ0) is 24.2. The van der Waals surface area contributed by atoms with E-state index in [1.54, 1.807) is 35.3 Å². The Bertz CT molecular complexity index is 1310. The Morgan fingerprint density at radius 3 is 2.34 bits per heavy atom. The molecule has 0 spiro atoms. The van der Waals surface area contributed by atoms with Gasteiger partial charge >= 0.3 is 0 Å². The van der Waals surface area contributed by atoms with E-state index in [-0.39, 0.29) is 5.91 Å². The Labute approximate surface area is 216 Å². The summed E-state index contributed by atoms with van der Waals surface area (Å²) in [6, 6.07) is 16.8. The molecule has 0 N–H and O–H groups in total. The molecule has 2 aromatic carbocycles. The minimum Gasteiger partial charge on any atom is -0.368 e. The standard InChI is InChI=1S/C24H21Cl2N7OS/c25-17-5-7-19(8-6-17)33-21(16-35-24-27-9-2-10-28-24)22(29-30-33)23(34)32-13-11-31(12-14-32)20-4-1-3-18(26)15-20/h1-10,15H,11-14,16H2.